The molecule has 88 valence electrons. The molecule has 0 N–H and O–H groups in total. The predicted molar refractivity (Wildman–Crippen MR) is 67.9 cm³/mol. The van der Waals surface area contributed by atoms with E-state index in [1.165, 1.54) is 37.0 Å². The van der Waals surface area contributed by atoms with E-state index < -0.39 is 8.80 Å². The van der Waals surface area contributed by atoms with Crippen molar-refractivity contribution in [2.45, 2.75) is 51.2 Å². The van der Waals surface area contributed by atoms with Gasteiger partial charge in [-0.3, -0.25) is 0 Å². The van der Waals surface area contributed by atoms with E-state index in [4.69, 9.17) is 4.74 Å². The Balaban J connectivity index is 3.52. The second-order valence-electron chi connectivity index (χ2n) is 3.96. The van der Waals surface area contributed by atoms with Crippen molar-refractivity contribution in [1.82, 2.24) is 0 Å². The van der Waals surface area contributed by atoms with Crippen LogP contribution in [0.15, 0.2) is 12.7 Å². The van der Waals surface area contributed by atoms with Crippen LogP contribution in [0.3, 0.4) is 0 Å². The van der Waals surface area contributed by atoms with Crippen LogP contribution in [0.25, 0.3) is 0 Å². The minimum absolute atomic E-state index is 0.292. The monoisotopic (exact) mass is 228 g/mol. The number of rotatable bonds is 9. The molecule has 3 heteroatoms. The van der Waals surface area contributed by atoms with Crippen molar-refractivity contribution in [3.8, 4) is 0 Å². The maximum absolute atomic E-state index is 10.8. The number of hydrogen-bond donors (Lipinski definition) is 0. The van der Waals surface area contributed by atoms with E-state index in [0.717, 1.165) is 6.42 Å². The molecule has 0 aliphatic heterocycles. The SMILES string of the molecule is C=CC(=O)OCCC[SiH](CCC)CCC. The van der Waals surface area contributed by atoms with Crippen LogP contribution in [-0.4, -0.2) is 21.4 Å². The molecule has 0 radical (unpaired) electrons. The molecule has 0 amide bonds. The van der Waals surface area contributed by atoms with E-state index in [2.05, 4.69) is 20.4 Å². The summed E-state index contributed by atoms with van der Waals surface area (Å²) in [5, 5.41) is 0. The van der Waals surface area contributed by atoms with E-state index >= 15 is 0 Å². The maximum atomic E-state index is 10.8. The van der Waals surface area contributed by atoms with Crippen molar-refractivity contribution in [1.29, 1.82) is 0 Å². The van der Waals surface area contributed by atoms with Gasteiger partial charge in [-0.1, -0.05) is 51.4 Å². The third-order valence-corrected chi connectivity index (χ3v) is 6.57. The molecule has 0 heterocycles. The predicted octanol–water partition coefficient (Wildman–Crippen LogP) is 3.15. The van der Waals surface area contributed by atoms with Gasteiger partial charge >= 0.3 is 5.97 Å². The Morgan fingerprint density at radius 1 is 1.27 bits per heavy atom. The zero-order valence-electron chi connectivity index (χ0n) is 10.1. The Morgan fingerprint density at radius 3 is 2.33 bits per heavy atom. The smallest absolute Gasteiger partial charge is 0.330 e. The van der Waals surface area contributed by atoms with E-state index in [-0.39, 0.29) is 5.97 Å². The van der Waals surface area contributed by atoms with Crippen molar-refractivity contribution in [2.75, 3.05) is 6.61 Å². The van der Waals surface area contributed by atoms with Gasteiger partial charge in [0.1, 0.15) is 0 Å². The van der Waals surface area contributed by atoms with E-state index in [1.807, 2.05) is 0 Å². The van der Waals surface area contributed by atoms with Crippen LogP contribution >= 0.6 is 0 Å². The Bertz CT molecular complexity index is 174. The molecule has 0 saturated carbocycles. The fourth-order valence-corrected chi connectivity index (χ4v) is 5.10. The summed E-state index contributed by atoms with van der Waals surface area (Å²) < 4.78 is 4.96. The quantitative estimate of drug-likeness (QED) is 0.262. The first-order valence-corrected chi connectivity index (χ1v) is 8.48. The van der Waals surface area contributed by atoms with Crippen molar-refractivity contribution in [3.63, 3.8) is 0 Å². The summed E-state index contributed by atoms with van der Waals surface area (Å²) in [4.78, 5) is 10.8. The molecule has 0 fully saturated rings. The van der Waals surface area contributed by atoms with Crippen LogP contribution in [0.4, 0.5) is 0 Å². The molecule has 0 atom stereocenters. The van der Waals surface area contributed by atoms with Crippen LogP contribution < -0.4 is 0 Å². The maximum Gasteiger partial charge on any atom is 0.330 e. The van der Waals surface area contributed by atoms with Gasteiger partial charge in [0.15, 0.2) is 0 Å². The van der Waals surface area contributed by atoms with Crippen LogP contribution in [0.1, 0.15) is 33.1 Å². The van der Waals surface area contributed by atoms with Crippen molar-refractivity contribution >= 4 is 14.8 Å². The lowest BCUT2D eigenvalue weighted by atomic mass is 10.5. The van der Waals surface area contributed by atoms with E-state index in [9.17, 15) is 4.79 Å². The summed E-state index contributed by atoms with van der Waals surface area (Å²) in [6.45, 7) is 8.45. The van der Waals surface area contributed by atoms with Gasteiger partial charge in [-0.05, 0) is 6.42 Å². The second kappa shape index (κ2) is 9.96. The Morgan fingerprint density at radius 2 is 1.87 bits per heavy atom. The Labute approximate surface area is 95.3 Å². The average molecular weight is 228 g/mol. The molecule has 0 spiro atoms. The van der Waals surface area contributed by atoms with Gasteiger partial charge in [-0.15, -0.1) is 0 Å². The molecule has 0 saturated heterocycles. The van der Waals surface area contributed by atoms with Gasteiger partial charge in [-0.2, -0.15) is 0 Å². The number of carbonyl (C=O) groups is 1. The Kier molecular flexibility index (Phi) is 9.58. The molecule has 0 aliphatic carbocycles. The standard InChI is InChI=1S/C12H24O2Si/c1-4-9-15(10-5-2)11-7-8-14-12(13)6-3/h6,15H,3-5,7-11H2,1-2H3. The molecule has 0 unspecified atom stereocenters. The average Bonchev–Trinajstić information content (AvgIpc) is 2.24. The highest BCUT2D eigenvalue weighted by atomic mass is 28.3. The zero-order valence-corrected chi connectivity index (χ0v) is 11.3. The molecule has 2 nitrogen and oxygen atoms in total. The summed E-state index contributed by atoms with van der Waals surface area (Å²) in [5.74, 6) is -0.292. The zero-order chi connectivity index (χ0) is 11.5. The van der Waals surface area contributed by atoms with E-state index in [1.54, 1.807) is 0 Å². The number of carbonyl (C=O) groups excluding carboxylic acids is 1. The summed E-state index contributed by atoms with van der Waals surface area (Å²) in [6, 6.07) is 4.18. The van der Waals surface area contributed by atoms with Crippen LogP contribution in [0.5, 0.6) is 0 Å². The van der Waals surface area contributed by atoms with E-state index in [0.29, 0.717) is 6.61 Å². The van der Waals surface area contributed by atoms with Gasteiger partial charge in [-0.25, -0.2) is 4.79 Å². The van der Waals surface area contributed by atoms with Crippen LogP contribution in [-0.2, 0) is 9.53 Å². The van der Waals surface area contributed by atoms with Crippen molar-refractivity contribution in [3.05, 3.63) is 12.7 Å². The lowest BCUT2D eigenvalue weighted by Gasteiger charge is -2.12. The fraction of sp³-hybridized carbons (Fsp3) is 0.750. The van der Waals surface area contributed by atoms with Crippen LogP contribution in [0, 0.1) is 0 Å². The molecule has 15 heavy (non-hydrogen) atoms. The first kappa shape index (κ1) is 14.4. The van der Waals surface area contributed by atoms with Gasteiger partial charge in [0, 0.05) is 14.9 Å². The first-order valence-electron chi connectivity index (χ1n) is 6.03. The minimum atomic E-state index is -0.523. The molecule has 0 aromatic heterocycles. The van der Waals surface area contributed by atoms with Gasteiger partial charge in [0.25, 0.3) is 0 Å². The largest absolute Gasteiger partial charge is 0.463 e. The summed E-state index contributed by atoms with van der Waals surface area (Å²) in [6.07, 6.45) is 4.89. The first-order chi connectivity index (χ1) is 7.24. The highest BCUT2D eigenvalue weighted by Gasteiger charge is 2.08. The molecule has 0 rings (SSSR count). The second-order valence-corrected chi connectivity index (χ2v) is 7.42. The topological polar surface area (TPSA) is 26.3 Å². The van der Waals surface area contributed by atoms with Crippen LogP contribution in [0.2, 0.25) is 18.1 Å². The third kappa shape index (κ3) is 8.42. The molecule has 0 aromatic rings. The Hall–Kier alpha value is -0.573. The summed E-state index contributed by atoms with van der Waals surface area (Å²) >= 11 is 0. The molecule has 0 bridgehead atoms. The number of ether oxygens (including phenoxy) is 1. The fourth-order valence-electron chi connectivity index (χ4n) is 1.85. The third-order valence-electron chi connectivity index (χ3n) is 2.56. The molecular weight excluding hydrogens is 204 g/mol. The molecule has 0 aromatic carbocycles. The summed E-state index contributed by atoms with van der Waals surface area (Å²) in [7, 11) is -0.523. The number of hydrogen-bond acceptors (Lipinski definition) is 2. The normalized spacial score (nSPS) is 10.3. The van der Waals surface area contributed by atoms with Crippen molar-refractivity contribution < 1.29 is 9.53 Å². The summed E-state index contributed by atoms with van der Waals surface area (Å²) in [5.41, 5.74) is 0. The highest BCUT2D eigenvalue weighted by Crippen LogP contribution is 2.12. The molecule has 0 aliphatic rings. The van der Waals surface area contributed by atoms with Gasteiger partial charge < -0.3 is 4.74 Å². The lowest BCUT2D eigenvalue weighted by Crippen LogP contribution is -2.12. The minimum Gasteiger partial charge on any atom is -0.463 e. The lowest BCUT2D eigenvalue weighted by molar-refractivity contribution is -0.137. The van der Waals surface area contributed by atoms with Gasteiger partial charge in [0.05, 0.1) is 6.61 Å². The molecular formula is C12H24O2Si. The van der Waals surface area contributed by atoms with Gasteiger partial charge in [0.2, 0.25) is 0 Å². The van der Waals surface area contributed by atoms with Crippen molar-refractivity contribution in [2.24, 2.45) is 0 Å². The highest BCUT2D eigenvalue weighted by molar-refractivity contribution is 6.58. The number of esters is 1.